The molecular formula is C12H11NO. The molecule has 1 aromatic carbocycles. The van der Waals surface area contributed by atoms with Crippen molar-refractivity contribution in [2.45, 2.75) is 12.8 Å². The molecule has 2 heteroatoms. The molecule has 1 heterocycles. The van der Waals surface area contributed by atoms with Gasteiger partial charge in [0.1, 0.15) is 6.29 Å². The molecule has 2 rings (SSSR count). The summed E-state index contributed by atoms with van der Waals surface area (Å²) in [6.45, 7) is 0. The highest BCUT2D eigenvalue weighted by Gasteiger charge is 1.96. The van der Waals surface area contributed by atoms with E-state index in [1.54, 1.807) is 0 Å². The van der Waals surface area contributed by atoms with Crippen LogP contribution in [0, 0.1) is 0 Å². The summed E-state index contributed by atoms with van der Waals surface area (Å²) < 4.78 is 0. The Bertz CT molecular complexity index is 451. The van der Waals surface area contributed by atoms with Crippen LogP contribution in [0.3, 0.4) is 0 Å². The number of para-hydroxylation sites is 1. The second-order valence-electron chi connectivity index (χ2n) is 3.24. The van der Waals surface area contributed by atoms with Gasteiger partial charge in [0.25, 0.3) is 0 Å². The van der Waals surface area contributed by atoms with E-state index in [0.717, 1.165) is 29.2 Å². The van der Waals surface area contributed by atoms with Gasteiger partial charge >= 0.3 is 0 Å². The molecule has 0 unspecified atom stereocenters. The summed E-state index contributed by atoms with van der Waals surface area (Å²) >= 11 is 0. The summed E-state index contributed by atoms with van der Waals surface area (Å²) in [5, 5.41) is 1.14. The van der Waals surface area contributed by atoms with Crippen LogP contribution in [-0.2, 0) is 11.2 Å². The molecule has 0 bridgehead atoms. The van der Waals surface area contributed by atoms with E-state index in [-0.39, 0.29) is 0 Å². The molecule has 0 saturated heterocycles. The van der Waals surface area contributed by atoms with Crippen LogP contribution in [0.5, 0.6) is 0 Å². The van der Waals surface area contributed by atoms with Gasteiger partial charge < -0.3 is 4.79 Å². The molecule has 0 atom stereocenters. The molecule has 1 aromatic heterocycles. The molecule has 0 fully saturated rings. The largest absolute Gasteiger partial charge is 0.303 e. The first-order valence-electron chi connectivity index (χ1n) is 4.67. The van der Waals surface area contributed by atoms with E-state index in [1.165, 1.54) is 0 Å². The first kappa shape index (κ1) is 8.88. The number of hydrogen-bond acceptors (Lipinski definition) is 2. The average Bonchev–Trinajstić information content (AvgIpc) is 2.26. The molecule has 0 amide bonds. The highest BCUT2D eigenvalue weighted by molar-refractivity contribution is 5.78. The standard InChI is InChI=1S/C12H11NO/c14-7-3-4-10-8-11-5-1-2-6-12(11)13-9-10/h1-2,5-9H,3-4H2. The van der Waals surface area contributed by atoms with Crippen LogP contribution < -0.4 is 0 Å². The molecule has 0 saturated carbocycles. The lowest BCUT2D eigenvalue weighted by molar-refractivity contribution is -0.107. The Kier molecular flexibility index (Phi) is 2.54. The first-order valence-corrected chi connectivity index (χ1v) is 4.67. The van der Waals surface area contributed by atoms with Gasteiger partial charge in [-0.25, -0.2) is 0 Å². The number of carbonyl (C=O) groups is 1. The zero-order valence-corrected chi connectivity index (χ0v) is 7.81. The fourth-order valence-electron chi connectivity index (χ4n) is 1.48. The van der Waals surface area contributed by atoms with Crippen molar-refractivity contribution in [3.05, 3.63) is 42.1 Å². The predicted octanol–water partition coefficient (Wildman–Crippen LogP) is 2.37. The van der Waals surface area contributed by atoms with Crippen LogP contribution in [0.25, 0.3) is 10.9 Å². The van der Waals surface area contributed by atoms with Gasteiger partial charge in [-0.1, -0.05) is 18.2 Å². The second kappa shape index (κ2) is 4.01. The Morgan fingerprint density at radius 2 is 2.14 bits per heavy atom. The van der Waals surface area contributed by atoms with E-state index in [4.69, 9.17) is 0 Å². The van der Waals surface area contributed by atoms with Crippen molar-refractivity contribution >= 4 is 17.2 Å². The SMILES string of the molecule is O=CCCc1cnc2ccccc2c1. The topological polar surface area (TPSA) is 30.0 Å². The fraction of sp³-hybridized carbons (Fsp3) is 0.167. The van der Waals surface area contributed by atoms with Gasteiger partial charge in [0, 0.05) is 18.0 Å². The first-order chi connectivity index (χ1) is 6.90. The summed E-state index contributed by atoms with van der Waals surface area (Å²) in [5.41, 5.74) is 2.12. The summed E-state index contributed by atoms with van der Waals surface area (Å²) in [7, 11) is 0. The number of hydrogen-bond donors (Lipinski definition) is 0. The van der Waals surface area contributed by atoms with E-state index in [1.807, 2.05) is 30.5 Å². The van der Waals surface area contributed by atoms with Crippen LogP contribution in [-0.4, -0.2) is 11.3 Å². The number of aromatic nitrogens is 1. The molecule has 0 N–H and O–H groups in total. The highest BCUT2D eigenvalue weighted by Crippen LogP contribution is 2.13. The third-order valence-corrected chi connectivity index (χ3v) is 2.20. The summed E-state index contributed by atoms with van der Waals surface area (Å²) in [6.07, 6.45) is 4.13. The molecule has 0 aliphatic heterocycles. The van der Waals surface area contributed by atoms with Gasteiger partial charge in [0.15, 0.2) is 0 Å². The van der Waals surface area contributed by atoms with Crippen LogP contribution >= 0.6 is 0 Å². The molecule has 70 valence electrons. The van der Waals surface area contributed by atoms with Crippen molar-refractivity contribution in [1.29, 1.82) is 0 Å². The van der Waals surface area contributed by atoms with Crippen LogP contribution in [0.4, 0.5) is 0 Å². The third kappa shape index (κ3) is 1.79. The Balaban J connectivity index is 2.36. The number of benzene rings is 1. The number of fused-ring (bicyclic) bond motifs is 1. The van der Waals surface area contributed by atoms with Crippen molar-refractivity contribution in [2.75, 3.05) is 0 Å². The molecule has 2 nitrogen and oxygen atoms in total. The van der Waals surface area contributed by atoms with Crippen LogP contribution in [0.15, 0.2) is 36.5 Å². The van der Waals surface area contributed by atoms with Crippen molar-refractivity contribution < 1.29 is 4.79 Å². The molecule has 14 heavy (non-hydrogen) atoms. The Labute approximate surface area is 82.6 Å². The van der Waals surface area contributed by atoms with Crippen LogP contribution in [0.2, 0.25) is 0 Å². The Morgan fingerprint density at radius 3 is 3.00 bits per heavy atom. The molecule has 0 spiro atoms. The van der Waals surface area contributed by atoms with Crippen molar-refractivity contribution in [1.82, 2.24) is 4.98 Å². The number of carbonyl (C=O) groups excluding carboxylic acids is 1. The number of aryl methyl sites for hydroxylation is 1. The maximum atomic E-state index is 10.2. The number of nitrogens with zero attached hydrogens (tertiary/aromatic N) is 1. The lowest BCUT2D eigenvalue weighted by Crippen LogP contribution is -1.88. The fourth-order valence-corrected chi connectivity index (χ4v) is 1.48. The quantitative estimate of drug-likeness (QED) is 0.687. The lowest BCUT2D eigenvalue weighted by Gasteiger charge is -2.00. The summed E-state index contributed by atoms with van der Waals surface area (Å²) in [5.74, 6) is 0. The van der Waals surface area contributed by atoms with Crippen molar-refractivity contribution in [3.8, 4) is 0 Å². The minimum atomic E-state index is 0.569. The number of rotatable bonds is 3. The molecular weight excluding hydrogens is 174 g/mol. The van der Waals surface area contributed by atoms with Gasteiger partial charge in [-0.3, -0.25) is 4.98 Å². The predicted molar refractivity (Wildman–Crippen MR) is 56.1 cm³/mol. The van der Waals surface area contributed by atoms with Crippen LogP contribution in [0.1, 0.15) is 12.0 Å². The monoisotopic (exact) mass is 185 g/mol. The van der Waals surface area contributed by atoms with Gasteiger partial charge in [0.2, 0.25) is 0 Å². The minimum absolute atomic E-state index is 0.569. The van der Waals surface area contributed by atoms with Gasteiger partial charge in [-0.05, 0) is 24.1 Å². The van der Waals surface area contributed by atoms with E-state index < -0.39 is 0 Å². The Morgan fingerprint density at radius 1 is 1.29 bits per heavy atom. The highest BCUT2D eigenvalue weighted by atomic mass is 16.1. The summed E-state index contributed by atoms with van der Waals surface area (Å²) in [6, 6.07) is 10.1. The van der Waals surface area contributed by atoms with Gasteiger partial charge in [-0.15, -0.1) is 0 Å². The van der Waals surface area contributed by atoms with E-state index in [2.05, 4.69) is 11.1 Å². The maximum Gasteiger partial charge on any atom is 0.120 e. The molecule has 0 aliphatic carbocycles. The molecule has 0 radical (unpaired) electrons. The van der Waals surface area contributed by atoms with Gasteiger partial charge in [0.05, 0.1) is 5.52 Å². The molecule has 0 aliphatic rings. The molecule has 2 aromatic rings. The zero-order valence-electron chi connectivity index (χ0n) is 7.81. The number of aldehydes is 1. The average molecular weight is 185 g/mol. The van der Waals surface area contributed by atoms with Crippen molar-refractivity contribution in [2.24, 2.45) is 0 Å². The number of pyridine rings is 1. The van der Waals surface area contributed by atoms with Gasteiger partial charge in [-0.2, -0.15) is 0 Å². The maximum absolute atomic E-state index is 10.2. The summed E-state index contributed by atoms with van der Waals surface area (Å²) in [4.78, 5) is 14.5. The second-order valence-corrected chi connectivity index (χ2v) is 3.24. The lowest BCUT2D eigenvalue weighted by atomic mass is 10.1. The third-order valence-electron chi connectivity index (χ3n) is 2.20. The zero-order chi connectivity index (χ0) is 9.80. The van der Waals surface area contributed by atoms with E-state index in [0.29, 0.717) is 6.42 Å². The van der Waals surface area contributed by atoms with E-state index in [9.17, 15) is 4.79 Å². The Hall–Kier alpha value is -1.70. The van der Waals surface area contributed by atoms with E-state index >= 15 is 0 Å². The minimum Gasteiger partial charge on any atom is -0.303 e. The smallest absolute Gasteiger partial charge is 0.120 e. The van der Waals surface area contributed by atoms with Crippen molar-refractivity contribution in [3.63, 3.8) is 0 Å². The normalized spacial score (nSPS) is 10.3.